The maximum absolute atomic E-state index is 12.8. The first-order valence-electron chi connectivity index (χ1n) is 7.77. The molecule has 0 radical (unpaired) electrons. The van der Waals surface area contributed by atoms with Gasteiger partial charge in [-0.25, -0.2) is 4.99 Å². The first-order chi connectivity index (χ1) is 11.1. The van der Waals surface area contributed by atoms with Gasteiger partial charge in [-0.15, -0.1) is 11.8 Å². The van der Waals surface area contributed by atoms with Crippen LogP contribution >= 0.6 is 11.8 Å². The normalized spacial score (nSPS) is 25.2. The first-order valence-corrected chi connectivity index (χ1v) is 8.65. The number of thioether (sulfide) groups is 1. The van der Waals surface area contributed by atoms with Gasteiger partial charge in [-0.1, -0.05) is 18.2 Å². The lowest BCUT2D eigenvalue weighted by atomic mass is 9.88. The van der Waals surface area contributed by atoms with E-state index in [1.807, 2.05) is 17.0 Å². The molecule has 1 aromatic carbocycles. The van der Waals surface area contributed by atoms with Crippen molar-refractivity contribution in [2.24, 2.45) is 10.7 Å². The third-order valence-electron chi connectivity index (χ3n) is 4.82. The number of fused-ring (bicyclic) bond motifs is 1. The summed E-state index contributed by atoms with van der Waals surface area (Å²) in [5.74, 6) is 0.220. The summed E-state index contributed by atoms with van der Waals surface area (Å²) in [6.07, 6.45) is 1.86. The van der Waals surface area contributed by atoms with Crippen molar-refractivity contribution in [2.75, 3.05) is 13.1 Å². The van der Waals surface area contributed by atoms with Crippen LogP contribution in [0.2, 0.25) is 0 Å². The molecule has 1 unspecified atom stereocenters. The fourth-order valence-electron chi connectivity index (χ4n) is 3.50. The third-order valence-corrected chi connectivity index (χ3v) is 6.13. The molecule has 120 valence electrons. The molecule has 3 aliphatic heterocycles. The number of nitrogens with two attached hydrogens (primary N) is 1. The molecule has 1 aromatic rings. The lowest BCUT2D eigenvalue weighted by Gasteiger charge is -2.36. The van der Waals surface area contributed by atoms with E-state index in [2.05, 4.69) is 22.4 Å². The largest absolute Gasteiger partial charge is 0.370 e. The zero-order valence-electron chi connectivity index (χ0n) is 12.6. The Labute approximate surface area is 138 Å². The standard InChI is InChI=1S/C16H18N4O2S/c17-15-18-14(22)16(19-15)5-7-20(8-6-16)13(21)12-9-10-3-1-2-4-11(10)23-12/h1-4,12H,5-9H2,(H3,17,18,19,22). The smallest absolute Gasteiger partial charge is 0.254 e. The van der Waals surface area contributed by atoms with Gasteiger partial charge in [0.1, 0.15) is 5.54 Å². The minimum atomic E-state index is -0.757. The molecule has 1 atom stereocenters. The number of benzene rings is 1. The average Bonchev–Trinajstić information content (AvgIpc) is 3.09. The van der Waals surface area contributed by atoms with E-state index in [-0.39, 0.29) is 23.0 Å². The second-order valence-corrected chi connectivity index (χ2v) is 7.47. The lowest BCUT2D eigenvalue weighted by Crippen LogP contribution is -2.52. The fourth-order valence-corrected chi connectivity index (χ4v) is 4.78. The highest BCUT2D eigenvalue weighted by Gasteiger charge is 2.46. The second kappa shape index (κ2) is 5.26. The van der Waals surface area contributed by atoms with Crippen molar-refractivity contribution < 1.29 is 9.59 Å². The molecule has 0 aromatic heterocycles. The highest BCUT2D eigenvalue weighted by molar-refractivity contribution is 8.01. The third kappa shape index (κ3) is 2.39. The average molecular weight is 330 g/mol. The van der Waals surface area contributed by atoms with Crippen LogP contribution in [0.1, 0.15) is 18.4 Å². The summed E-state index contributed by atoms with van der Waals surface area (Å²) in [7, 11) is 0. The zero-order valence-corrected chi connectivity index (χ0v) is 13.4. The maximum atomic E-state index is 12.8. The molecule has 23 heavy (non-hydrogen) atoms. The quantitative estimate of drug-likeness (QED) is 0.785. The van der Waals surface area contributed by atoms with E-state index < -0.39 is 5.54 Å². The van der Waals surface area contributed by atoms with Crippen molar-refractivity contribution in [1.29, 1.82) is 0 Å². The van der Waals surface area contributed by atoms with Gasteiger partial charge in [0.15, 0.2) is 5.96 Å². The number of amides is 2. The first kappa shape index (κ1) is 14.6. The molecule has 3 N–H and O–H groups in total. The van der Waals surface area contributed by atoms with E-state index >= 15 is 0 Å². The molecule has 1 fully saturated rings. The van der Waals surface area contributed by atoms with E-state index in [1.165, 1.54) is 10.5 Å². The topological polar surface area (TPSA) is 87.8 Å². The number of guanidine groups is 1. The van der Waals surface area contributed by atoms with Gasteiger partial charge in [0.05, 0.1) is 5.25 Å². The van der Waals surface area contributed by atoms with Gasteiger partial charge in [-0.2, -0.15) is 0 Å². The molecule has 4 rings (SSSR count). The summed E-state index contributed by atoms with van der Waals surface area (Å²) >= 11 is 1.64. The van der Waals surface area contributed by atoms with E-state index in [1.54, 1.807) is 11.8 Å². The molecule has 3 aliphatic rings. The molecule has 1 saturated heterocycles. The van der Waals surface area contributed by atoms with Gasteiger partial charge < -0.3 is 10.6 Å². The van der Waals surface area contributed by atoms with Crippen LogP contribution in [0.25, 0.3) is 0 Å². The van der Waals surface area contributed by atoms with Crippen molar-refractivity contribution in [3.63, 3.8) is 0 Å². The Kier molecular flexibility index (Phi) is 3.33. The van der Waals surface area contributed by atoms with Gasteiger partial charge in [0.2, 0.25) is 5.91 Å². The van der Waals surface area contributed by atoms with Gasteiger partial charge in [-0.3, -0.25) is 14.9 Å². The highest BCUT2D eigenvalue weighted by atomic mass is 32.2. The van der Waals surface area contributed by atoms with Crippen LogP contribution in [0, 0.1) is 0 Å². The van der Waals surface area contributed by atoms with Crippen molar-refractivity contribution in [1.82, 2.24) is 10.2 Å². The lowest BCUT2D eigenvalue weighted by molar-refractivity contribution is -0.135. The van der Waals surface area contributed by atoms with Crippen LogP contribution in [0.4, 0.5) is 0 Å². The summed E-state index contributed by atoms with van der Waals surface area (Å²) in [5.41, 5.74) is 6.10. The van der Waals surface area contributed by atoms with E-state index in [9.17, 15) is 9.59 Å². The van der Waals surface area contributed by atoms with E-state index in [0.717, 1.165) is 6.42 Å². The number of hydrogen-bond donors (Lipinski definition) is 2. The number of likely N-dealkylation sites (tertiary alicyclic amines) is 1. The van der Waals surface area contributed by atoms with Crippen LogP contribution in [-0.4, -0.2) is 46.6 Å². The molecule has 0 bridgehead atoms. The molecule has 0 aliphatic carbocycles. The number of nitrogens with one attached hydrogen (secondary N) is 1. The van der Waals surface area contributed by atoms with Crippen molar-refractivity contribution in [2.45, 2.75) is 34.9 Å². The number of nitrogens with zero attached hydrogens (tertiary/aromatic N) is 2. The predicted octanol–water partition coefficient (Wildman–Crippen LogP) is 0.509. The van der Waals surface area contributed by atoms with Crippen LogP contribution < -0.4 is 11.1 Å². The molecule has 2 amide bonds. The van der Waals surface area contributed by atoms with Gasteiger partial charge in [0, 0.05) is 18.0 Å². The fraction of sp³-hybridized carbons (Fsp3) is 0.438. The molecule has 0 saturated carbocycles. The Balaban J connectivity index is 1.42. The van der Waals surface area contributed by atoms with E-state index in [4.69, 9.17) is 5.73 Å². The summed E-state index contributed by atoms with van der Waals surface area (Å²) in [6, 6.07) is 8.17. The summed E-state index contributed by atoms with van der Waals surface area (Å²) in [5, 5.41) is 2.52. The van der Waals surface area contributed by atoms with Gasteiger partial charge in [-0.05, 0) is 30.9 Å². The number of carbonyl (C=O) groups excluding carboxylic acids is 2. The number of aliphatic imine (C=N–C) groups is 1. The van der Waals surface area contributed by atoms with Gasteiger partial charge in [0.25, 0.3) is 5.91 Å². The van der Waals surface area contributed by atoms with Crippen molar-refractivity contribution in [3.05, 3.63) is 29.8 Å². The summed E-state index contributed by atoms with van der Waals surface area (Å²) in [4.78, 5) is 32.1. The minimum absolute atomic E-state index is 0.0487. The van der Waals surface area contributed by atoms with Crippen molar-refractivity contribution in [3.8, 4) is 0 Å². The van der Waals surface area contributed by atoms with Gasteiger partial charge >= 0.3 is 0 Å². The molecule has 3 heterocycles. The van der Waals surface area contributed by atoms with Crippen molar-refractivity contribution >= 4 is 29.5 Å². The van der Waals surface area contributed by atoms with Crippen LogP contribution in [0.3, 0.4) is 0 Å². The second-order valence-electron chi connectivity index (χ2n) is 6.23. The summed E-state index contributed by atoms with van der Waals surface area (Å²) < 4.78 is 0. The monoisotopic (exact) mass is 330 g/mol. The number of rotatable bonds is 1. The Morgan fingerprint density at radius 2 is 2.09 bits per heavy atom. The number of hydrogen-bond acceptors (Lipinski definition) is 5. The minimum Gasteiger partial charge on any atom is -0.370 e. The van der Waals surface area contributed by atoms with Crippen LogP contribution in [-0.2, 0) is 16.0 Å². The van der Waals surface area contributed by atoms with Crippen LogP contribution in [0.15, 0.2) is 34.2 Å². The SMILES string of the molecule is NC1=NC2(CCN(C(=O)C3Cc4ccccc4S3)CC2)C(=O)N1. The van der Waals surface area contributed by atoms with E-state index in [0.29, 0.717) is 25.9 Å². The summed E-state index contributed by atoms with van der Waals surface area (Å²) in [6.45, 7) is 1.10. The highest BCUT2D eigenvalue weighted by Crippen LogP contribution is 2.38. The molecule has 7 heteroatoms. The number of piperidine rings is 1. The Morgan fingerprint density at radius 1 is 1.35 bits per heavy atom. The van der Waals surface area contributed by atoms with Crippen LogP contribution in [0.5, 0.6) is 0 Å². The Bertz CT molecular complexity index is 685. The maximum Gasteiger partial charge on any atom is 0.254 e. The molecule has 6 nitrogen and oxygen atoms in total. The predicted molar refractivity (Wildman–Crippen MR) is 88.1 cm³/mol. The molecular weight excluding hydrogens is 312 g/mol. The number of carbonyl (C=O) groups is 2. The molecular formula is C16H18N4O2S. The zero-order chi connectivity index (χ0) is 16.0. The Morgan fingerprint density at radius 3 is 2.74 bits per heavy atom. The molecule has 1 spiro atoms. The Hall–Kier alpha value is -2.02.